The fourth-order valence-electron chi connectivity index (χ4n) is 0.925. The minimum Gasteiger partial charge on any atom is -0.314 e. The third kappa shape index (κ3) is 2.81. The van der Waals surface area contributed by atoms with Crippen LogP contribution >= 0.6 is 31.9 Å². The summed E-state index contributed by atoms with van der Waals surface area (Å²) in [6.45, 7) is 0. The van der Waals surface area contributed by atoms with Crippen LogP contribution in [0.15, 0.2) is 30.3 Å². The van der Waals surface area contributed by atoms with E-state index in [0.29, 0.717) is 0 Å². The van der Waals surface area contributed by atoms with E-state index in [9.17, 15) is 4.79 Å². The van der Waals surface area contributed by atoms with Crippen molar-refractivity contribution in [3.8, 4) is 0 Å². The van der Waals surface area contributed by atoms with E-state index in [4.69, 9.17) is 0 Å². The highest BCUT2D eigenvalue weighted by atomic mass is 79.9. The molecule has 0 aromatic heterocycles. The summed E-state index contributed by atoms with van der Waals surface area (Å²) in [5, 5.41) is 0. The van der Waals surface area contributed by atoms with Crippen molar-refractivity contribution in [2.75, 3.05) is 11.9 Å². The van der Waals surface area contributed by atoms with Crippen molar-refractivity contribution < 1.29 is 4.79 Å². The van der Waals surface area contributed by atoms with Gasteiger partial charge in [-0.3, -0.25) is 4.79 Å². The van der Waals surface area contributed by atoms with E-state index in [-0.39, 0.29) is 9.64 Å². The summed E-state index contributed by atoms with van der Waals surface area (Å²) in [4.78, 5) is 13.1. The number of hydrogen-bond donors (Lipinski definition) is 0. The van der Waals surface area contributed by atoms with Gasteiger partial charge in [0.15, 0.2) is 0 Å². The summed E-state index contributed by atoms with van der Waals surface area (Å²) in [5.41, 5.74) is 0.886. The molecule has 1 amide bonds. The molecule has 0 heterocycles. The Bertz CT molecular complexity index is 287. The predicted octanol–water partition coefficient (Wildman–Crippen LogP) is 2.77. The average Bonchev–Trinajstić information content (AvgIpc) is 2.17. The van der Waals surface area contributed by atoms with Gasteiger partial charge in [-0.15, -0.1) is 0 Å². The van der Waals surface area contributed by atoms with Crippen molar-refractivity contribution in [1.82, 2.24) is 0 Å². The number of carbonyl (C=O) groups is 1. The standard InChI is InChI=1S/C9H9Br2NO/c1-12(9(13)8(10)11)7-5-3-2-4-6-7/h2-6,8H,1H3. The maximum absolute atomic E-state index is 11.5. The first kappa shape index (κ1) is 10.7. The molecule has 0 saturated heterocycles. The van der Waals surface area contributed by atoms with Crippen LogP contribution in [0.2, 0.25) is 0 Å². The van der Waals surface area contributed by atoms with Crippen LogP contribution in [0, 0.1) is 0 Å². The lowest BCUT2D eigenvalue weighted by Crippen LogP contribution is -2.30. The smallest absolute Gasteiger partial charge is 0.251 e. The molecule has 0 fully saturated rings. The molecule has 0 N–H and O–H groups in total. The average molecular weight is 307 g/mol. The number of nitrogens with zero attached hydrogens (tertiary/aromatic N) is 1. The Labute approximate surface area is 94.2 Å². The molecule has 0 bridgehead atoms. The van der Waals surface area contributed by atoms with Gasteiger partial charge in [-0.2, -0.15) is 0 Å². The zero-order chi connectivity index (χ0) is 9.84. The van der Waals surface area contributed by atoms with Gasteiger partial charge in [-0.05, 0) is 12.1 Å². The summed E-state index contributed by atoms with van der Waals surface area (Å²) in [5.74, 6) is -0.0220. The van der Waals surface area contributed by atoms with E-state index in [2.05, 4.69) is 31.9 Å². The van der Waals surface area contributed by atoms with E-state index in [1.54, 1.807) is 11.9 Å². The van der Waals surface area contributed by atoms with Crippen LogP contribution in [0.1, 0.15) is 0 Å². The van der Waals surface area contributed by atoms with E-state index in [0.717, 1.165) is 5.69 Å². The third-order valence-corrected chi connectivity index (χ3v) is 2.44. The van der Waals surface area contributed by atoms with E-state index in [1.165, 1.54) is 0 Å². The zero-order valence-electron chi connectivity index (χ0n) is 7.08. The molecular weight excluding hydrogens is 298 g/mol. The van der Waals surface area contributed by atoms with Crippen molar-refractivity contribution in [2.24, 2.45) is 0 Å². The number of hydrogen-bond acceptors (Lipinski definition) is 1. The van der Waals surface area contributed by atoms with Gasteiger partial charge in [0.05, 0.1) is 0 Å². The number of halogens is 2. The summed E-state index contributed by atoms with van der Waals surface area (Å²) < 4.78 is -0.329. The largest absolute Gasteiger partial charge is 0.314 e. The van der Waals surface area contributed by atoms with Crippen LogP contribution in [0.25, 0.3) is 0 Å². The Hall–Kier alpha value is -0.350. The van der Waals surface area contributed by atoms with Crippen molar-refractivity contribution >= 4 is 43.5 Å². The summed E-state index contributed by atoms with van der Waals surface area (Å²) in [6, 6.07) is 9.50. The molecule has 0 aliphatic heterocycles. The number of anilines is 1. The van der Waals surface area contributed by atoms with Crippen LogP contribution in [0.5, 0.6) is 0 Å². The van der Waals surface area contributed by atoms with Crippen LogP contribution in [-0.2, 0) is 4.79 Å². The molecule has 70 valence electrons. The Morgan fingerprint density at radius 1 is 1.31 bits per heavy atom. The Kier molecular flexibility index (Phi) is 3.93. The molecule has 0 aliphatic carbocycles. The number of alkyl halides is 2. The lowest BCUT2D eigenvalue weighted by molar-refractivity contribution is -0.116. The number of benzene rings is 1. The molecule has 1 rings (SSSR count). The second-order valence-electron chi connectivity index (χ2n) is 2.53. The molecule has 2 nitrogen and oxygen atoms in total. The maximum atomic E-state index is 11.5. The maximum Gasteiger partial charge on any atom is 0.251 e. The van der Waals surface area contributed by atoms with Crippen molar-refractivity contribution in [3.05, 3.63) is 30.3 Å². The number of carbonyl (C=O) groups excluding carboxylic acids is 1. The topological polar surface area (TPSA) is 20.3 Å². The molecule has 4 heteroatoms. The first-order valence-corrected chi connectivity index (χ1v) is 5.57. The zero-order valence-corrected chi connectivity index (χ0v) is 10.2. The highest BCUT2D eigenvalue weighted by molar-refractivity contribution is 9.25. The number of rotatable bonds is 2. The monoisotopic (exact) mass is 305 g/mol. The molecule has 0 aliphatic rings. The Balaban J connectivity index is 2.80. The molecule has 0 spiro atoms. The summed E-state index contributed by atoms with van der Waals surface area (Å²) in [7, 11) is 1.74. The summed E-state index contributed by atoms with van der Waals surface area (Å²) in [6.07, 6.45) is 0. The molecule has 1 aromatic carbocycles. The quantitative estimate of drug-likeness (QED) is 0.769. The summed E-state index contributed by atoms with van der Waals surface area (Å²) >= 11 is 6.33. The van der Waals surface area contributed by atoms with Gasteiger partial charge in [-0.1, -0.05) is 50.1 Å². The fraction of sp³-hybridized carbons (Fsp3) is 0.222. The molecule has 0 atom stereocenters. The molecule has 0 unspecified atom stereocenters. The van der Waals surface area contributed by atoms with Gasteiger partial charge in [0, 0.05) is 12.7 Å². The lowest BCUT2D eigenvalue weighted by atomic mass is 10.3. The molecule has 0 saturated carbocycles. The lowest BCUT2D eigenvalue weighted by Gasteiger charge is -2.17. The van der Waals surface area contributed by atoms with Crippen LogP contribution in [0.3, 0.4) is 0 Å². The second-order valence-corrected chi connectivity index (χ2v) is 5.59. The first-order chi connectivity index (χ1) is 6.13. The van der Waals surface area contributed by atoms with E-state index in [1.807, 2.05) is 30.3 Å². The van der Waals surface area contributed by atoms with Crippen molar-refractivity contribution in [2.45, 2.75) is 3.74 Å². The minimum absolute atomic E-state index is 0.0220. The fourth-order valence-corrected chi connectivity index (χ4v) is 1.54. The predicted molar refractivity (Wildman–Crippen MR) is 61.5 cm³/mol. The molecular formula is C9H9Br2NO. The SMILES string of the molecule is CN(C(=O)C(Br)Br)c1ccccc1. The van der Waals surface area contributed by atoms with E-state index < -0.39 is 0 Å². The van der Waals surface area contributed by atoms with Crippen LogP contribution < -0.4 is 4.90 Å². The van der Waals surface area contributed by atoms with Gasteiger partial charge in [0.25, 0.3) is 5.91 Å². The van der Waals surface area contributed by atoms with Gasteiger partial charge < -0.3 is 4.90 Å². The van der Waals surface area contributed by atoms with E-state index >= 15 is 0 Å². The molecule has 13 heavy (non-hydrogen) atoms. The van der Waals surface area contributed by atoms with Gasteiger partial charge >= 0.3 is 0 Å². The second kappa shape index (κ2) is 4.77. The van der Waals surface area contributed by atoms with Crippen molar-refractivity contribution in [1.29, 1.82) is 0 Å². The van der Waals surface area contributed by atoms with Crippen molar-refractivity contribution in [3.63, 3.8) is 0 Å². The molecule has 1 aromatic rings. The third-order valence-electron chi connectivity index (χ3n) is 1.66. The highest BCUT2D eigenvalue weighted by Crippen LogP contribution is 2.17. The minimum atomic E-state index is -0.329. The normalized spacial score (nSPS) is 10.2. The van der Waals surface area contributed by atoms with Gasteiger partial charge in [-0.25, -0.2) is 0 Å². The van der Waals surface area contributed by atoms with Crippen LogP contribution in [-0.4, -0.2) is 16.7 Å². The van der Waals surface area contributed by atoms with Crippen LogP contribution in [0.4, 0.5) is 5.69 Å². The highest BCUT2D eigenvalue weighted by Gasteiger charge is 2.16. The first-order valence-electron chi connectivity index (χ1n) is 3.73. The van der Waals surface area contributed by atoms with Gasteiger partial charge in [0.1, 0.15) is 3.74 Å². The number of amides is 1. The number of para-hydroxylation sites is 1. The Morgan fingerprint density at radius 3 is 2.31 bits per heavy atom. The molecule has 0 radical (unpaired) electrons. The van der Waals surface area contributed by atoms with Gasteiger partial charge in [0.2, 0.25) is 0 Å². The Morgan fingerprint density at radius 2 is 1.85 bits per heavy atom.